The summed E-state index contributed by atoms with van der Waals surface area (Å²) in [6.07, 6.45) is 7.14. The van der Waals surface area contributed by atoms with Gasteiger partial charge in [0.1, 0.15) is 5.76 Å². The van der Waals surface area contributed by atoms with Gasteiger partial charge in [-0.15, -0.1) is 11.8 Å². The molecule has 0 bridgehead atoms. The van der Waals surface area contributed by atoms with Crippen molar-refractivity contribution >= 4 is 17.7 Å². The predicted molar refractivity (Wildman–Crippen MR) is 126 cm³/mol. The third-order valence-corrected chi connectivity index (χ3v) is 6.90. The van der Waals surface area contributed by atoms with Crippen molar-refractivity contribution < 1.29 is 9.21 Å². The van der Waals surface area contributed by atoms with Gasteiger partial charge in [-0.25, -0.2) is 4.98 Å². The number of rotatable bonds is 6. The molecule has 1 aromatic heterocycles. The Hall–Kier alpha value is -2.53. The van der Waals surface area contributed by atoms with E-state index in [1.165, 1.54) is 36.1 Å². The van der Waals surface area contributed by atoms with Crippen LogP contribution in [-0.4, -0.2) is 16.9 Å². The van der Waals surface area contributed by atoms with Gasteiger partial charge in [0.25, 0.3) is 5.91 Å². The van der Waals surface area contributed by atoms with Crippen LogP contribution in [0.25, 0.3) is 11.5 Å². The number of nitrogens with one attached hydrogen (secondary N) is 1. The van der Waals surface area contributed by atoms with Crippen LogP contribution in [0, 0.1) is 13.8 Å². The summed E-state index contributed by atoms with van der Waals surface area (Å²) in [5, 5.41) is 3.20. The Kier molecular flexibility index (Phi) is 7.13. The fourth-order valence-electron chi connectivity index (χ4n) is 3.93. The highest BCUT2D eigenvalue weighted by Crippen LogP contribution is 2.28. The number of amides is 1. The Morgan fingerprint density at radius 1 is 1.00 bits per heavy atom. The molecule has 0 radical (unpaired) electrons. The minimum Gasteiger partial charge on any atom is -0.441 e. The van der Waals surface area contributed by atoms with Crippen LogP contribution >= 0.6 is 11.8 Å². The van der Waals surface area contributed by atoms with E-state index in [0.717, 1.165) is 35.6 Å². The number of aromatic nitrogens is 1. The normalized spacial score (nSPS) is 14.9. The van der Waals surface area contributed by atoms with Crippen LogP contribution in [-0.2, 0) is 5.75 Å². The van der Waals surface area contributed by atoms with Crippen molar-refractivity contribution in [1.82, 2.24) is 10.3 Å². The molecule has 1 aliphatic carbocycles. The summed E-state index contributed by atoms with van der Waals surface area (Å²) >= 11 is 1.75. The van der Waals surface area contributed by atoms with E-state index < -0.39 is 0 Å². The number of carbonyl (C=O) groups excluding carboxylic acids is 1. The second-order valence-corrected chi connectivity index (χ2v) is 9.41. The maximum Gasteiger partial charge on any atom is 0.251 e. The number of carbonyl (C=O) groups is 1. The van der Waals surface area contributed by atoms with Crippen molar-refractivity contribution in [3.8, 4) is 11.5 Å². The number of oxazole rings is 1. The molecule has 0 unspecified atom stereocenters. The van der Waals surface area contributed by atoms with Crippen molar-refractivity contribution in [2.45, 2.75) is 69.1 Å². The quantitative estimate of drug-likeness (QED) is 0.346. The maximum absolute atomic E-state index is 12.6. The first kappa shape index (κ1) is 21.7. The van der Waals surface area contributed by atoms with Crippen molar-refractivity contribution in [2.24, 2.45) is 0 Å². The molecule has 31 heavy (non-hydrogen) atoms. The van der Waals surface area contributed by atoms with Gasteiger partial charge in [0.2, 0.25) is 5.89 Å². The van der Waals surface area contributed by atoms with E-state index >= 15 is 0 Å². The van der Waals surface area contributed by atoms with Gasteiger partial charge in [-0.2, -0.15) is 0 Å². The lowest BCUT2D eigenvalue weighted by Crippen LogP contribution is -2.34. The van der Waals surface area contributed by atoms with Gasteiger partial charge in [0.05, 0.1) is 5.69 Å². The Labute approximate surface area is 188 Å². The second-order valence-electron chi connectivity index (χ2n) is 8.36. The Morgan fingerprint density at radius 3 is 2.35 bits per heavy atom. The van der Waals surface area contributed by atoms with Gasteiger partial charge in [-0.05, 0) is 63.1 Å². The molecule has 1 aliphatic rings. The van der Waals surface area contributed by atoms with Crippen LogP contribution in [0.15, 0.2) is 57.8 Å². The zero-order valence-corrected chi connectivity index (χ0v) is 19.1. The van der Waals surface area contributed by atoms with Gasteiger partial charge in [-0.1, -0.05) is 43.4 Å². The molecule has 1 amide bonds. The molecule has 162 valence electrons. The summed E-state index contributed by atoms with van der Waals surface area (Å²) in [6.45, 7) is 4.05. The number of hydrogen-bond donors (Lipinski definition) is 1. The highest BCUT2D eigenvalue weighted by molar-refractivity contribution is 7.98. The lowest BCUT2D eigenvalue weighted by molar-refractivity contribution is 0.0933. The largest absolute Gasteiger partial charge is 0.441 e. The highest BCUT2D eigenvalue weighted by Gasteiger charge is 2.17. The minimum absolute atomic E-state index is 0.0113. The summed E-state index contributed by atoms with van der Waals surface area (Å²) in [4.78, 5) is 18.5. The van der Waals surface area contributed by atoms with Crippen LogP contribution in [0.4, 0.5) is 0 Å². The first-order valence-electron chi connectivity index (χ1n) is 11.2. The minimum atomic E-state index is 0.0113. The van der Waals surface area contributed by atoms with E-state index in [4.69, 9.17) is 9.40 Å². The van der Waals surface area contributed by atoms with E-state index in [1.807, 2.05) is 31.2 Å². The van der Waals surface area contributed by atoms with E-state index in [2.05, 4.69) is 36.5 Å². The van der Waals surface area contributed by atoms with E-state index in [0.29, 0.717) is 17.5 Å². The lowest BCUT2D eigenvalue weighted by atomic mass is 10.1. The lowest BCUT2D eigenvalue weighted by Gasteiger charge is -2.16. The molecule has 2 aromatic carbocycles. The number of aryl methyl sites for hydroxylation is 2. The van der Waals surface area contributed by atoms with Crippen LogP contribution in [0.3, 0.4) is 0 Å². The monoisotopic (exact) mass is 434 g/mol. The molecule has 1 N–H and O–H groups in total. The molecule has 5 heteroatoms. The van der Waals surface area contributed by atoms with Crippen molar-refractivity contribution in [3.05, 3.63) is 71.1 Å². The fraction of sp³-hybridized carbons (Fsp3) is 0.385. The summed E-state index contributed by atoms with van der Waals surface area (Å²) in [5.74, 6) is 2.22. The van der Waals surface area contributed by atoms with E-state index in [-0.39, 0.29) is 5.91 Å². The van der Waals surface area contributed by atoms with Gasteiger partial charge < -0.3 is 9.73 Å². The van der Waals surface area contributed by atoms with Gasteiger partial charge in [-0.3, -0.25) is 4.79 Å². The highest BCUT2D eigenvalue weighted by atomic mass is 32.2. The molecule has 3 aromatic rings. The maximum atomic E-state index is 12.6. The Balaban J connectivity index is 1.38. The smallest absolute Gasteiger partial charge is 0.251 e. The van der Waals surface area contributed by atoms with Crippen molar-refractivity contribution in [3.63, 3.8) is 0 Å². The average Bonchev–Trinajstić information content (AvgIpc) is 2.97. The summed E-state index contributed by atoms with van der Waals surface area (Å²) < 4.78 is 5.92. The molecule has 0 spiro atoms. The molecule has 0 atom stereocenters. The molecule has 0 saturated heterocycles. The molecule has 1 saturated carbocycles. The summed E-state index contributed by atoms with van der Waals surface area (Å²) in [5.41, 5.74) is 3.79. The van der Waals surface area contributed by atoms with E-state index in [9.17, 15) is 4.79 Å². The van der Waals surface area contributed by atoms with Crippen LogP contribution < -0.4 is 5.32 Å². The number of benzene rings is 2. The van der Waals surface area contributed by atoms with Gasteiger partial charge in [0.15, 0.2) is 0 Å². The van der Waals surface area contributed by atoms with Crippen LogP contribution in [0.1, 0.15) is 65.9 Å². The second kappa shape index (κ2) is 10.2. The molecular weight excluding hydrogens is 404 g/mol. The van der Waals surface area contributed by atoms with Crippen molar-refractivity contribution in [1.29, 1.82) is 0 Å². The van der Waals surface area contributed by atoms with Gasteiger partial charge in [0, 0.05) is 27.8 Å². The zero-order valence-electron chi connectivity index (χ0n) is 18.3. The Bertz CT molecular complexity index is 1000. The zero-order chi connectivity index (χ0) is 21.6. The van der Waals surface area contributed by atoms with Crippen LogP contribution in [0.2, 0.25) is 0 Å². The van der Waals surface area contributed by atoms with Gasteiger partial charge >= 0.3 is 0 Å². The predicted octanol–water partition coefficient (Wildman–Crippen LogP) is 6.70. The standard InChI is InChI=1S/C26H30N2O2S/c1-18-9-15-23(16-10-18)31-17-24-19(2)30-26(28-24)21-13-11-20(12-14-21)25(29)27-22-7-5-3-4-6-8-22/h9-16,22H,3-8,17H2,1-2H3,(H,27,29). The van der Waals surface area contributed by atoms with Crippen molar-refractivity contribution in [2.75, 3.05) is 0 Å². The molecular formula is C26H30N2O2S. The summed E-state index contributed by atoms with van der Waals surface area (Å²) in [7, 11) is 0. The molecule has 4 rings (SSSR count). The third-order valence-electron chi connectivity index (χ3n) is 5.87. The molecule has 1 fully saturated rings. The topological polar surface area (TPSA) is 55.1 Å². The Morgan fingerprint density at radius 2 is 1.68 bits per heavy atom. The average molecular weight is 435 g/mol. The molecule has 1 heterocycles. The first-order valence-corrected chi connectivity index (χ1v) is 12.1. The number of hydrogen-bond acceptors (Lipinski definition) is 4. The number of nitrogens with zero attached hydrogens (tertiary/aromatic N) is 1. The molecule has 4 nitrogen and oxygen atoms in total. The van der Waals surface area contributed by atoms with Crippen LogP contribution in [0.5, 0.6) is 0 Å². The SMILES string of the molecule is Cc1ccc(SCc2nc(-c3ccc(C(=O)NC4CCCCCC4)cc3)oc2C)cc1. The third kappa shape index (κ3) is 5.79. The van der Waals surface area contributed by atoms with E-state index in [1.54, 1.807) is 11.8 Å². The fourth-order valence-corrected chi connectivity index (χ4v) is 4.83. The first-order chi connectivity index (χ1) is 15.1. The summed E-state index contributed by atoms with van der Waals surface area (Å²) in [6, 6.07) is 16.4. The molecule has 0 aliphatic heterocycles. The number of thioether (sulfide) groups is 1.